The number of nitrogens with zero attached hydrogens (tertiary/aromatic N) is 2. The van der Waals surface area contributed by atoms with Gasteiger partial charge in [0.25, 0.3) is 10.2 Å². The van der Waals surface area contributed by atoms with Crippen molar-refractivity contribution >= 4 is 16.1 Å². The molecule has 1 amide bonds. The highest BCUT2D eigenvalue weighted by molar-refractivity contribution is 7.86. The van der Waals surface area contributed by atoms with Crippen LogP contribution < -0.4 is 5.32 Å². The van der Waals surface area contributed by atoms with Crippen molar-refractivity contribution in [2.45, 2.75) is 12.3 Å². The number of benzene rings is 1. The molecule has 3 rings (SSSR count). The molecule has 2 heterocycles. The molecule has 2 fully saturated rings. The zero-order valence-electron chi connectivity index (χ0n) is 12.8. The van der Waals surface area contributed by atoms with Gasteiger partial charge in [-0.05, 0) is 12.0 Å². The van der Waals surface area contributed by atoms with E-state index in [1.165, 1.54) is 22.7 Å². The summed E-state index contributed by atoms with van der Waals surface area (Å²) in [6, 6.07) is 9.87. The van der Waals surface area contributed by atoms with E-state index < -0.39 is 15.6 Å². The lowest BCUT2D eigenvalue weighted by molar-refractivity contribution is -0.127. The van der Waals surface area contributed by atoms with E-state index in [9.17, 15) is 13.2 Å². The summed E-state index contributed by atoms with van der Waals surface area (Å²) >= 11 is 0. The number of carbonyl (C=O) groups is 1. The first kappa shape index (κ1) is 15.5. The van der Waals surface area contributed by atoms with Crippen molar-refractivity contribution in [2.24, 2.45) is 5.41 Å². The zero-order chi connectivity index (χ0) is 16.0. The molecule has 120 valence electrons. The highest BCUT2D eigenvalue weighted by Gasteiger charge is 2.56. The smallest absolute Gasteiger partial charge is 0.281 e. The van der Waals surface area contributed by atoms with Crippen LogP contribution in [-0.2, 0) is 15.0 Å². The number of carbonyl (C=O) groups excluding carboxylic acids is 1. The number of rotatable bonds is 3. The van der Waals surface area contributed by atoms with E-state index >= 15 is 0 Å². The molecule has 1 aromatic rings. The van der Waals surface area contributed by atoms with E-state index in [4.69, 9.17) is 0 Å². The molecule has 0 radical (unpaired) electrons. The second-order valence-electron chi connectivity index (χ2n) is 6.20. The Hall–Kier alpha value is -1.44. The Morgan fingerprint density at radius 2 is 1.95 bits per heavy atom. The molecule has 2 atom stereocenters. The number of amides is 1. The summed E-state index contributed by atoms with van der Waals surface area (Å²) in [5, 5.41) is 2.93. The summed E-state index contributed by atoms with van der Waals surface area (Å²) in [6.07, 6.45) is 0.561. The lowest BCUT2D eigenvalue weighted by atomic mass is 9.73. The van der Waals surface area contributed by atoms with Crippen LogP contribution in [0, 0.1) is 5.41 Å². The zero-order valence-corrected chi connectivity index (χ0v) is 13.6. The van der Waals surface area contributed by atoms with E-state index in [0.29, 0.717) is 19.5 Å². The van der Waals surface area contributed by atoms with Crippen LogP contribution in [0.25, 0.3) is 0 Å². The fraction of sp³-hybridized carbons (Fsp3) is 0.533. The third kappa shape index (κ3) is 2.24. The van der Waals surface area contributed by atoms with E-state index in [1.807, 2.05) is 30.3 Å². The van der Waals surface area contributed by atoms with Gasteiger partial charge in [-0.15, -0.1) is 0 Å². The van der Waals surface area contributed by atoms with Crippen molar-refractivity contribution in [3.05, 3.63) is 35.9 Å². The Labute approximate surface area is 131 Å². The second kappa shape index (κ2) is 5.33. The second-order valence-corrected chi connectivity index (χ2v) is 8.35. The third-order valence-electron chi connectivity index (χ3n) is 4.84. The summed E-state index contributed by atoms with van der Waals surface area (Å²) in [5.74, 6) is -0.0126. The topological polar surface area (TPSA) is 69.7 Å². The number of hydrogen-bond acceptors (Lipinski definition) is 3. The lowest BCUT2D eigenvalue weighted by Gasteiger charge is -2.29. The van der Waals surface area contributed by atoms with Crippen LogP contribution in [-0.4, -0.2) is 56.7 Å². The van der Waals surface area contributed by atoms with Crippen LogP contribution >= 0.6 is 0 Å². The summed E-state index contributed by atoms with van der Waals surface area (Å²) in [4.78, 5) is 12.5. The van der Waals surface area contributed by atoms with Crippen molar-refractivity contribution in [1.82, 2.24) is 13.9 Å². The fourth-order valence-corrected chi connectivity index (χ4v) is 4.72. The van der Waals surface area contributed by atoms with Crippen LogP contribution in [0.1, 0.15) is 17.9 Å². The van der Waals surface area contributed by atoms with Crippen LogP contribution in [0.2, 0.25) is 0 Å². The molecule has 0 saturated carbocycles. The van der Waals surface area contributed by atoms with Crippen LogP contribution in [0.15, 0.2) is 30.3 Å². The maximum Gasteiger partial charge on any atom is 0.281 e. The predicted octanol–water partition coefficient (Wildman–Crippen LogP) is 0.399. The molecule has 2 saturated heterocycles. The van der Waals surface area contributed by atoms with Gasteiger partial charge in [0.15, 0.2) is 0 Å². The Morgan fingerprint density at radius 1 is 1.27 bits per heavy atom. The summed E-state index contributed by atoms with van der Waals surface area (Å²) in [7, 11) is -0.447. The van der Waals surface area contributed by atoms with Crippen LogP contribution in [0.5, 0.6) is 0 Å². The average Bonchev–Trinajstić information content (AvgIpc) is 3.07. The normalized spacial score (nSPS) is 29.4. The monoisotopic (exact) mass is 323 g/mol. The van der Waals surface area contributed by atoms with Crippen LogP contribution in [0.4, 0.5) is 0 Å². The van der Waals surface area contributed by atoms with E-state index in [0.717, 1.165) is 5.56 Å². The van der Waals surface area contributed by atoms with E-state index in [-0.39, 0.29) is 18.4 Å². The van der Waals surface area contributed by atoms with Gasteiger partial charge in [0.2, 0.25) is 5.91 Å². The first-order valence-electron chi connectivity index (χ1n) is 7.39. The number of hydrogen-bond donors (Lipinski definition) is 1. The van der Waals surface area contributed by atoms with Crippen LogP contribution in [0.3, 0.4) is 0 Å². The lowest BCUT2D eigenvalue weighted by Crippen LogP contribution is -2.42. The minimum absolute atomic E-state index is 0.0172. The van der Waals surface area contributed by atoms with Crippen molar-refractivity contribution in [3.63, 3.8) is 0 Å². The summed E-state index contributed by atoms with van der Waals surface area (Å²) in [5.41, 5.74) is 0.440. The number of nitrogens with one attached hydrogen (secondary N) is 1. The van der Waals surface area contributed by atoms with Gasteiger partial charge >= 0.3 is 0 Å². The highest BCUT2D eigenvalue weighted by atomic mass is 32.2. The first-order chi connectivity index (χ1) is 10.4. The minimum atomic E-state index is -3.48. The Balaban J connectivity index is 1.93. The molecule has 0 aromatic heterocycles. The molecule has 1 spiro atoms. The van der Waals surface area contributed by atoms with Crippen molar-refractivity contribution < 1.29 is 13.2 Å². The quantitative estimate of drug-likeness (QED) is 0.875. The largest absolute Gasteiger partial charge is 0.355 e. The SMILES string of the molecule is CN(C)S(=O)(=O)N1CC[C@@]2(C1)C(=O)NC[C@@H]2c1ccccc1. The van der Waals surface area contributed by atoms with Gasteiger partial charge in [-0.1, -0.05) is 30.3 Å². The Kier molecular flexibility index (Phi) is 3.74. The average molecular weight is 323 g/mol. The molecule has 22 heavy (non-hydrogen) atoms. The fourth-order valence-electron chi connectivity index (χ4n) is 3.54. The van der Waals surface area contributed by atoms with Gasteiger partial charge < -0.3 is 5.32 Å². The van der Waals surface area contributed by atoms with Gasteiger partial charge in [0.1, 0.15) is 0 Å². The molecule has 7 heteroatoms. The summed E-state index contributed by atoms with van der Waals surface area (Å²) < 4.78 is 27.3. The molecule has 0 aliphatic carbocycles. The van der Waals surface area contributed by atoms with E-state index in [1.54, 1.807) is 0 Å². The van der Waals surface area contributed by atoms with Gasteiger partial charge in [0, 0.05) is 39.6 Å². The first-order valence-corrected chi connectivity index (χ1v) is 8.78. The van der Waals surface area contributed by atoms with Gasteiger partial charge in [-0.2, -0.15) is 17.0 Å². The molecule has 0 unspecified atom stereocenters. The standard InChI is InChI=1S/C15H21N3O3S/c1-17(2)22(20,21)18-9-8-15(11-18)13(10-16-14(15)19)12-6-4-3-5-7-12/h3-7,13H,8-11H2,1-2H3,(H,16,19)/t13-,15+/m1/s1. The molecule has 6 nitrogen and oxygen atoms in total. The predicted molar refractivity (Wildman–Crippen MR) is 83.4 cm³/mol. The highest BCUT2D eigenvalue weighted by Crippen LogP contribution is 2.47. The Morgan fingerprint density at radius 3 is 2.59 bits per heavy atom. The summed E-state index contributed by atoms with van der Waals surface area (Å²) in [6.45, 7) is 1.20. The molecule has 0 bridgehead atoms. The molecule has 2 aliphatic heterocycles. The Bertz CT molecular complexity index is 675. The van der Waals surface area contributed by atoms with Gasteiger partial charge in [0.05, 0.1) is 5.41 Å². The maximum atomic E-state index is 12.5. The molecular formula is C15H21N3O3S. The van der Waals surface area contributed by atoms with Crippen molar-refractivity contribution in [1.29, 1.82) is 0 Å². The molecule has 1 aromatic carbocycles. The molecule has 1 N–H and O–H groups in total. The molecule has 2 aliphatic rings. The van der Waals surface area contributed by atoms with Gasteiger partial charge in [-0.3, -0.25) is 4.79 Å². The maximum absolute atomic E-state index is 12.5. The third-order valence-corrected chi connectivity index (χ3v) is 6.73. The van der Waals surface area contributed by atoms with Gasteiger partial charge in [-0.25, -0.2) is 0 Å². The van der Waals surface area contributed by atoms with Crippen molar-refractivity contribution in [2.75, 3.05) is 33.7 Å². The molecular weight excluding hydrogens is 302 g/mol. The minimum Gasteiger partial charge on any atom is -0.355 e. The van der Waals surface area contributed by atoms with Crippen molar-refractivity contribution in [3.8, 4) is 0 Å². The van der Waals surface area contributed by atoms with E-state index in [2.05, 4.69) is 5.32 Å².